The third-order valence-electron chi connectivity index (χ3n) is 3.01. The van der Waals surface area contributed by atoms with Crippen LogP contribution in [-0.4, -0.2) is 18.3 Å². The Bertz CT molecular complexity index is 322. The third-order valence-corrected chi connectivity index (χ3v) is 3.01. The molecule has 1 aromatic carbocycles. The molecule has 0 aromatic heterocycles. The van der Waals surface area contributed by atoms with E-state index in [1.165, 1.54) is 16.7 Å². The molecule has 0 fully saturated rings. The van der Waals surface area contributed by atoms with Crippen LogP contribution in [0, 0.1) is 0 Å². The van der Waals surface area contributed by atoms with Crippen LogP contribution in [0.2, 0.25) is 0 Å². The summed E-state index contributed by atoms with van der Waals surface area (Å²) in [6.45, 7) is 3.36. The minimum Gasteiger partial charge on any atom is -0.394 e. The topological polar surface area (TPSA) is 32.3 Å². The van der Waals surface area contributed by atoms with Gasteiger partial charge in [-0.3, -0.25) is 0 Å². The normalized spacial score (nSPS) is 20.6. The van der Waals surface area contributed by atoms with Crippen LogP contribution < -0.4 is 5.32 Å². The molecule has 0 radical (unpaired) electrons. The molecule has 1 atom stereocenters. The molecule has 1 heterocycles. The Morgan fingerprint density at radius 3 is 3.07 bits per heavy atom. The lowest BCUT2D eigenvalue weighted by molar-refractivity contribution is 0.240. The number of fused-ring (bicyclic) bond motifs is 1. The number of aliphatic hydroxyl groups is 1. The molecule has 0 saturated heterocycles. The van der Waals surface area contributed by atoms with Crippen molar-refractivity contribution >= 4 is 0 Å². The van der Waals surface area contributed by atoms with Crippen LogP contribution in [0.1, 0.15) is 29.7 Å². The Hall–Kier alpha value is -0.860. The highest BCUT2D eigenvalue weighted by molar-refractivity contribution is 5.39. The monoisotopic (exact) mass is 191 g/mol. The highest BCUT2D eigenvalue weighted by atomic mass is 16.3. The van der Waals surface area contributed by atoms with Crippen molar-refractivity contribution in [2.24, 2.45) is 0 Å². The number of benzene rings is 1. The summed E-state index contributed by atoms with van der Waals surface area (Å²) in [5, 5.41) is 12.6. The fourth-order valence-corrected chi connectivity index (χ4v) is 2.26. The predicted octanol–water partition coefficient (Wildman–Crippen LogP) is 1.43. The minimum atomic E-state index is 0.144. The van der Waals surface area contributed by atoms with Crippen molar-refractivity contribution < 1.29 is 5.11 Å². The van der Waals surface area contributed by atoms with E-state index >= 15 is 0 Å². The first-order valence-electron chi connectivity index (χ1n) is 5.31. The van der Waals surface area contributed by atoms with Gasteiger partial charge in [0.05, 0.1) is 12.6 Å². The van der Waals surface area contributed by atoms with Gasteiger partial charge in [0.15, 0.2) is 0 Å². The zero-order valence-corrected chi connectivity index (χ0v) is 8.59. The SMILES string of the molecule is CCc1cccc2c1CCN[C@H]2CO. The Balaban J connectivity index is 2.43. The molecule has 0 saturated carbocycles. The lowest BCUT2D eigenvalue weighted by Gasteiger charge is -2.27. The molecule has 14 heavy (non-hydrogen) atoms. The molecule has 0 amide bonds. The largest absolute Gasteiger partial charge is 0.394 e. The molecule has 0 bridgehead atoms. The van der Waals surface area contributed by atoms with E-state index in [9.17, 15) is 5.11 Å². The van der Waals surface area contributed by atoms with Crippen LogP contribution >= 0.6 is 0 Å². The lowest BCUT2D eigenvalue weighted by atomic mass is 9.90. The molecular formula is C12H17NO. The summed E-state index contributed by atoms with van der Waals surface area (Å²) in [5.41, 5.74) is 4.17. The summed E-state index contributed by atoms with van der Waals surface area (Å²) >= 11 is 0. The molecule has 2 nitrogen and oxygen atoms in total. The highest BCUT2D eigenvalue weighted by Gasteiger charge is 2.19. The van der Waals surface area contributed by atoms with E-state index in [2.05, 4.69) is 30.4 Å². The molecule has 2 N–H and O–H groups in total. The average Bonchev–Trinajstić information content (AvgIpc) is 2.27. The van der Waals surface area contributed by atoms with Crippen LogP contribution in [0.4, 0.5) is 0 Å². The number of aliphatic hydroxyl groups excluding tert-OH is 1. The summed E-state index contributed by atoms with van der Waals surface area (Å²) in [4.78, 5) is 0. The van der Waals surface area contributed by atoms with E-state index < -0.39 is 0 Å². The molecule has 0 unspecified atom stereocenters. The van der Waals surface area contributed by atoms with E-state index in [1.807, 2.05) is 0 Å². The predicted molar refractivity (Wildman–Crippen MR) is 57.4 cm³/mol. The summed E-state index contributed by atoms with van der Waals surface area (Å²) < 4.78 is 0. The van der Waals surface area contributed by atoms with Gasteiger partial charge in [0.1, 0.15) is 0 Å². The van der Waals surface area contributed by atoms with Crippen molar-refractivity contribution in [1.29, 1.82) is 0 Å². The van der Waals surface area contributed by atoms with Gasteiger partial charge in [-0.1, -0.05) is 25.1 Å². The second-order valence-corrected chi connectivity index (χ2v) is 3.78. The van der Waals surface area contributed by atoms with Gasteiger partial charge in [-0.05, 0) is 36.1 Å². The van der Waals surface area contributed by atoms with Crippen LogP contribution in [-0.2, 0) is 12.8 Å². The maximum absolute atomic E-state index is 9.24. The molecule has 1 aliphatic heterocycles. The fraction of sp³-hybridized carbons (Fsp3) is 0.500. The molecule has 0 aliphatic carbocycles. The van der Waals surface area contributed by atoms with Crippen LogP contribution in [0.15, 0.2) is 18.2 Å². The molecule has 1 aromatic rings. The second-order valence-electron chi connectivity index (χ2n) is 3.78. The van der Waals surface area contributed by atoms with Gasteiger partial charge in [0.25, 0.3) is 0 Å². The smallest absolute Gasteiger partial charge is 0.0626 e. The summed E-state index contributed by atoms with van der Waals surface area (Å²) in [6.07, 6.45) is 2.18. The molecule has 76 valence electrons. The molecule has 0 spiro atoms. The van der Waals surface area contributed by atoms with Gasteiger partial charge in [-0.15, -0.1) is 0 Å². The summed E-state index contributed by atoms with van der Waals surface area (Å²) in [7, 11) is 0. The zero-order valence-electron chi connectivity index (χ0n) is 8.59. The molecule has 2 rings (SSSR count). The lowest BCUT2D eigenvalue weighted by Crippen LogP contribution is -2.32. The van der Waals surface area contributed by atoms with Crippen molar-refractivity contribution in [3.05, 3.63) is 34.9 Å². The van der Waals surface area contributed by atoms with Crippen molar-refractivity contribution in [2.75, 3.05) is 13.2 Å². The standard InChI is InChI=1S/C12H17NO/c1-2-9-4-3-5-11-10(9)6-7-13-12(11)8-14/h3-5,12-14H,2,6-8H2,1H3/t12-/m0/s1. The minimum absolute atomic E-state index is 0.144. The molecule has 1 aliphatic rings. The van der Waals surface area contributed by atoms with Gasteiger partial charge in [-0.2, -0.15) is 0 Å². The van der Waals surface area contributed by atoms with E-state index in [0.717, 1.165) is 19.4 Å². The number of nitrogens with one attached hydrogen (secondary N) is 1. The van der Waals surface area contributed by atoms with Crippen molar-refractivity contribution in [3.8, 4) is 0 Å². The number of hydrogen-bond acceptors (Lipinski definition) is 2. The number of aryl methyl sites for hydroxylation is 1. The second kappa shape index (κ2) is 4.11. The van der Waals surface area contributed by atoms with Crippen molar-refractivity contribution in [2.45, 2.75) is 25.8 Å². The Morgan fingerprint density at radius 1 is 1.50 bits per heavy atom. The van der Waals surface area contributed by atoms with E-state index in [-0.39, 0.29) is 12.6 Å². The van der Waals surface area contributed by atoms with Crippen molar-refractivity contribution in [1.82, 2.24) is 5.32 Å². The Morgan fingerprint density at radius 2 is 2.36 bits per heavy atom. The van der Waals surface area contributed by atoms with Gasteiger partial charge in [0, 0.05) is 0 Å². The quantitative estimate of drug-likeness (QED) is 0.741. The zero-order chi connectivity index (χ0) is 9.97. The van der Waals surface area contributed by atoms with E-state index in [4.69, 9.17) is 0 Å². The van der Waals surface area contributed by atoms with Crippen LogP contribution in [0.3, 0.4) is 0 Å². The van der Waals surface area contributed by atoms with Crippen LogP contribution in [0.25, 0.3) is 0 Å². The van der Waals surface area contributed by atoms with Gasteiger partial charge >= 0.3 is 0 Å². The highest BCUT2D eigenvalue weighted by Crippen LogP contribution is 2.25. The average molecular weight is 191 g/mol. The Kier molecular flexibility index (Phi) is 2.85. The van der Waals surface area contributed by atoms with Crippen molar-refractivity contribution in [3.63, 3.8) is 0 Å². The third kappa shape index (κ3) is 1.56. The first kappa shape index (κ1) is 9.69. The summed E-state index contributed by atoms with van der Waals surface area (Å²) in [6, 6.07) is 6.55. The van der Waals surface area contributed by atoms with Gasteiger partial charge in [-0.25, -0.2) is 0 Å². The molecular weight excluding hydrogens is 174 g/mol. The fourth-order valence-electron chi connectivity index (χ4n) is 2.26. The molecule has 2 heteroatoms. The summed E-state index contributed by atoms with van der Waals surface area (Å²) in [5.74, 6) is 0. The van der Waals surface area contributed by atoms with Gasteiger partial charge in [0.2, 0.25) is 0 Å². The number of rotatable bonds is 2. The number of hydrogen-bond donors (Lipinski definition) is 2. The van der Waals surface area contributed by atoms with E-state index in [1.54, 1.807) is 0 Å². The Labute approximate surface area is 85.0 Å². The maximum Gasteiger partial charge on any atom is 0.0626 e. The van der Waals surface area contributed by atoms with Crippen LogP contribution in [0.5, 0.6) is 0 Å². The first-order chi connectivity index (χ1) is 6.86. The van der Waals surface area contributed by atoms with E-state index in [0.29, 0.717) is 0 Å². The maximum atomic E-state index is 9.24. The van der Waals surface area contributed by atoms with Gasteiger partial charge < -0.3 is 10.4 Å². The first-order valence-corrected chi connectivity index (χ1v) is 5.31.